The van der Waals surface area contributed by atoms with Crippen LogP contribution in [0.2, 0.25) is 0 Å². The van der Waals surface area contributed by atoms with Crippen molar-refractivity contribution < 1.29 is 4.74 Å². The third kappa shape index (κ3) is 6.67. The SMILES string of the molecule is CCCC(C)(CCl)CCOCC(C)C. The quantitative estimate of drug-likeness (QED) is 0.442. The van der Waals surface area contributed by atoms with Crippen LogP contribution in [0.4, 0.5) is 0 Å². The zero-order valence-electron chi connectivity index (χ0n) is 10.1. The normalized spacial score (nSPS) is 15.9. The van der Waals surface area contributed by atoms with Gasteiger partial charge in [0, 0.05) is 19.1 Å². The van der Waals surface area contributed by atoms with Gasteiger partial charge in [0.2, 0.25) is 0 Å². The monoisotopic (exact) mass is 220 g/mol. The number of halogens is 1. The minimum absolute atomic E-state index is 0.271. The summed E-state index contributed by atoms with van der Waals surface area (Å²) in [7, 11) is 0. The van der Waals surface area contributed by atoms with Crippen LogP contribution in [0.5, 0.6) is 0 Å². The van der Waals surface area contributed by atoms with Gasteiger partial charge in [-0.25, -0.2) is 0 Å². The molecule has 0 N–H and O–H groups in total. The average Bonchev–Trinajstić information content (AvgIpc) is 2.13. The molecule has 0 heterocycles. The molecule has 0 amide bonds. The molecule has 0 saturated heterocycles. The van der Waals surface area contributed by atoms with Crippen LogP contribution in [0.15, 0.2) is 0 Å². The minimum atomic E-state index is 0.271. The molecule has 1 nitrogen and oxygen atoms in total. The predicted molar refractivity (Wildman–Crippen MR) is 64.0 cm³/mol. The van der Waals surface area contributed by atoms with Crippen LogP contribution in [-0.4, -0.2) is 19.1 Å². The van der Waals surface area contributed by atoms with Crippen molar-refractivity contribution in [2.75, 3.05) is 19.1 Å². The highest BCUT2D eigenvalue weighted by Gasteiger charge is 2.21. The maximum absolute atomic E-state index is 5.97. The van der Waals surface area contributed by atoms with Gasteiger partial charge in [0.15, 0.2) is 0 Å². The molecular weight excluding hydrogens is 196 g/mol. The number of alkyl halides is 1. The molecule has 0 aromatic carbocycles. The summed E-state index contributed by atoms with van der Waals surface area (Å²) in [5.41, 5.74) is 0.271. The molecule has 2 heteroatoms. The van der Waals surface area contributed by atoms with Crippen molar-refractivity contribution in [3.05, 3.63) is 0 Å². The zero-order chi connectivity index (χ0) is 11.0. The van der Waals surface area contributed by atoms with Crippen LogP contribution in [0.3, 0.4) is 0 Å². The summed E-state index contributed by atoms with van der Waals surface area (Å²) < 4.78 is 5.58. The topological polar surface area (TPSA) is 9.23 Å². The molecular formula is C12H25ClO. The second kappa shape index (κ2) is 7.53. The van der Waals surface area contributed by atoms with Gasteiger partial charge >= 0.3 is 0 Å². The maximum Gasteiger partial charge on any atom is 0.0488 e. The summed E-state index contributed by atoms with van der Waals surface area (Å²) in [6.07, 6.45) is 3.48. The van der Waals surface area contributed by atoms with E-state index in [1.165, 1.54) is 12.8 Å². The van der Waals surface area contributed by atoms with Gasteiger partial charge in [0.1, 0.15) is 0 Å². The summed E-state index contributed by atoms with van der Waals surface area (Å²) in [6, 6.07) is 0. The molecule has 0 saturated carbocycles. The third-order valence-corrected chi connectivity index (χ3v) is 3.12. The first-order valence-electron chi connectivity index (χ1n) is 5.68. The molecule has 0 rings (SSSR count). The molecule has 14 heavy (non-hydrogen) atoms. The maximum atomic E-state index is 5.97. The van der Waals surface area contributed by atoms with Crippen LogP contribution >= 0.6 is 11.6 Å². The first-order valence-corrected chi connectivity index (χ1v) is 6.21. The van der Waals surface area contributed by atoms with E-state index in [0.29, 0.717) is 5.92 Å². The van der Waals surface area contributed by atoms with E-state index in [0.717, 1.165) is 25.5 Å². The van der Waals surface area contributed by atoms with Gasteiger partial charge in [-0.1, -0.05) is 34.1 Å². The number of hydrogen-bond acceptors (Lipinski definition) is 1. The van der Waals surface area contributed by atoms with Crippen LogP contribution < -0.4 is 0 Å². The molecule has 0 spiro atoms. The van der Waals surface area contributed by atoms with Gasteiger partial charge in [-0.05, 0) is 24.2 Å². The molecule has 1 atom stereocenters. The molecule has 86 valence electrons. The highest BCUT2D eigenvalue weighted by molar-refractivity contribution is 6.18. The van der Waals surface area contributed by atoms with Crippen molar-refractivity contribution in [2.24, 2.45) is 11.3 Å². The number of ether oxygens (including phenoxy) is 1. The Morgan fingerprint density at radius 1 is 1.29 bits per heavy atom. The Morgan fingerprint density at radius 3 is 2.36 bits per heavy atom. The number of rotatable bonds is 8. The Kier molecular flexibility index (Phi) is 7.66. The van der Waals surface area contributed by atoms with Crippen LogP contribution in [0, 0.1) is 11.3 Å². The second-order valence-electron chi connectivity index (χ2n) is 4.91. The van der Waals surface area contributed by atoms with Crippen molar-refractivity contribution in [1.29, 1.82) is 0 Å². The summed E-state index contributed by atoms with van der Waals surface area (Å²) >= 11 is 5.97. The lowest BCUT2D eigenvalue weighted by atomic mass is 9.85. The fourth-order valence-corrected chi connectivity index (χ4v) is 1.77. The molecule has 0 aromatic heterocycles. The highest BCUT2D eigenvalue weighted by Crippen LogP contribution is 2.28. The van der Waals surface area contributed by atoms with Crippen LogP contribution in [-0.2, 0) is 4.74 Å². The van der Waals surface area contributed by atoms with E-state index >= 15 is 0 Å². The Morgan fingerprint density at radius 2 is 1.93 bits per heavy atom. The molecule has 0 radical (unpaired) electrons. The summed E-state index contributed by atoms with van der Waals surface area (Å²) in [6.45, 7) is 10.5. The zero-order valence-corrected chi connectivity index (χ0v) is 10.9. The van der Waals surface area contributed by atoms with Gasteiger partial charge in [-0.15, -0.1) is 11.6 Å². The number of hydrogen-bond donors (Lipinski definition) is 0. The van der Waals surface area contributed by atoms with Crippen LogP contribution in [0.25, 0.3) is 0 Å². The first-order chi connectivity index (χ1) is 6.54. The van der Waals surface area contributed by atoms with Crippen molar-refractivity contribution in [3.63, 3.8) is 0 Å². The van der Waals surface area contributed by atoms with Crippen molar-refractivity contribution in [2.45, 2.75) is 47.0 Å². The van der Waals surface area contributed by atoms with Gasteiger partial charge in [-0.3, -0.25) is 0 Å². The van der Waals surface area contributed by atoms with Gasteiger partial charge in [0.05, 0.1) is 0 Å². The molecule has 0 aromatic rings. The van der Waals surface area contributed by atoms with Crippen LogP contribution in [0.1, 0.15) is 47.0 Å². The van der Waals surface area contributed by atoms with Crippen molar-refractivity contribution in [1.82, 2.24) is 0 Å². The van der Waals surface area contributed by atoms with Crippen molar-refractivity contribution in [3.8, 4) is 0 Å². The van der Waals surface area contributed by atoms with Gasteiger partial charge < -0.3 is 4.74 Å². The molecule has 0 aliphatic rings. The Balaban J connectivity index is 3.61. The Bertz CT molecular complexity index is 136. The fraction of sp³-hybridized carbons (Fsp3) is 1.00. The fourth-order valence-electron chi connectivity index (χ4n) is 1.50. The van der Waals surface area contributed by atoms with Crippen molar-refractivity contribution >= 4 is 11.6 Å². The molecule has 0 aliphatic heterocycles. The highest BCUT2D eigenvalue weighted by atomic mass is 35.5. The van der Waals surface area contributed by atoms with E-state index in [2.05, 4.69) is 27.7 Å². The van der Waals surface area contributed by atoms with E-state index in [9.17, 15) is 0 Å². The second-order valence-corrected chi connectivity index (χ2v) is 5.18. The minimum Gasteiger partial charge on any atom is -0.381 e. The van der Waals surface area contributed by atoms with E-state index in [1.807, 2.05) is 0 Å². The smallest absolute Gasteiger partial charge is 0.0488 e. The largest absolute Gasteiger partial charge is 0.381 e. The van der Waals surface area contributed by atoms with E-state index in [4.69, 9.17) is 16.3 Å². The summed E-state index contributed by atoms with van der Waals surface area (Å²) in [4.78, 5) is 0. The Labute approximate surface area is 94.2 Å². The lowest BCUT2D eigenvalue weighted by Gasteiger charge is -2.26. The average molecular weight is 221 g/mol. The van der Waals surface area contributed by atoms with E-state index < -0.39 is 0 Å². The third-order valence-electron chi connectivity index (χ3n) is 2.48. The summed E-state index contributed by atoms with van der Waals surface area (Å²) in [5, 5.41) is 0. The standard InChI is InChI=1S/C12H25ClO/c1-5-6-12(4,10-13)7-8-14-9-11(2)3/h11H,5-10H2,1-4H3. The summed E-state index contributed by atoms with van der Waals surface area (Å²) in [5.74, 6) is 1.37. The molecule has 0 aliphatic carbocycles. The molecule has 1 unspecified atom stereocenters. The van der Waals surface area contributed by atoms with E-state index in [-0.39, 0.29) is 5.41 Å². The first kappa shape index (κ1) is 14.2. The van der Waals surface area contributed by atoms with Gasteiger partial charge in [0.25, 0.3) is 0 Å². The lowest BCUT2D eigenvalue weighted by molar-refractivity contribution is 0.0832. The molecule has 0 bridgehead atoms. The van der Waals surface area contributed by atoms with E-state index in [1.54, 1.807) is 0 Å². The Hall–Kier alpha value is 0.250. The predicted octanol–water partition coefficient (Wildman–Crippen LogP) is 4.09. The van der Waals surface area contributed by atoms with Gasteiger partial charge in [-0.2, -0.15) is 0 Å². The lowest BCUT2D eigenvalue weighted by Crippen LogP contribution is -2.21. The molecule has 0 fully saturated rings.